The van der Waals surface area contributed by atoms with Crippen molar-refractivity contribution in [1.29, 1.82) is 0 Å². The predicted molar refractivity (Wildman–Crippen MR) is 116 cm³/mol. The summed E-state index contributed by atoms with van der Waals surface area (Å²) in [4.78, 5) is 41.3. The van der Waals surface area contributed by atoms with Gasteiger partial charge in [0, 0.05) is 44.2 Å². The first-order valence-corrected chi connectivity index (χ1v) is 11.7. The van der Waals surface area contributed by atoms with Crippen LogP contribution in [0.3, 0.4) is 0 Å². The van der Waals surface area contributed by atoms with E-state index < -0.39 is 6.04 Å². The van der Waals surface area contributed by atoms with E-state index in [0.717, 1.165) is 36.3 Å². The fourth-order valence-corrected chi connectivity index (χ4v) is 6.12. The molecule has 2 saturated heterocycles. The second kappa shape index (κ2) is 8.36. The highest BCUT2D eigenvalue weighted by molar-refractivity contribution is 6.05. The fraction of sp³-hybridized carbons (Fsp3) is 0.625. The maximum atomic E-state index is 13.4. The van der Waals surface area contributed by atoms with Gasteiger partial charge < -0.3 is 10.6 Å². The van der Waals surface area contributed by atoms with Gasteiger partial charge in [0.1, 0.15) is 6.04 Å². The first kappa shape index (κ1) is 20.6. The smallest absolute Gasteiger partial charge is 0.255 e. The molecule has 3 aliphatic heterocycles. The van der Waals surface area contributed by atoms with E-state index in [0.29, 0.717) is 30.8 Å². The summed E-state index contributed by atoms with van der Waals surface area (Å²) in [6.07, 6.45) is 6.91. The summed E-state index contributed by atoms with van der Waals surface area (Å²) in [5, 5.41) is 2.38. The lowest BCUT2D eigenvalue weighted by Crippen LogP contribution is -2.53. The van der Waals surface area contributed by atoms with Crippen molar-refractivity contribution in [3.63, 3.8) is 0 Å². The Hall–Kier alpha value is -2.25. The first-order valence-electron chi connectivity index (χ1n) is 11.7. The van der Waals surface area contributed by atoms with Gasteiger partial charge in [-0.25, -0.2) is 0 Å². The second-order valence-corrected chi connectivity index (χ2v) is 9.78. The lowest BCUT2D eigenvalue weighted by Gasteiger charge is -2.44. The minimum Gasteiger partial charge on any atom is -0.327 e. The minimum absolute atomic E-state index is 0.0805. The molecule has 1 aliphatic carbocycles. The molecule has 1 aromatic carbocycles. The first-order chi connectivity index (χ1) is 15.0. The summed E-state index contributed by atoms with van der Waals surface area (Å²) in [6, 6.07) is 5.78. The molecule has 4 aliphatic rings. The molecular weight excluding hydrogens is 392 g/mol. The highest BCUT2D eigenvalue weighted by atomic mass is 16.2. The van der Waals surface area contributed by atoms with E-state index in [2.05, 4.69) is 16.3 Å². The zero-order valence-electron chi connectivity index (χ0n) is 18.0. The molecule has 3 fully saturated rings. The Balaban J connectivity index is 1.34. The third kappa shape index (κ3) is 3.89. The van der Waals surface area contributed by atoms with Crippen molar-refractivity contribution in [2.75, 3.05) is 13.1 Å². The van der Waals surface area contributed by atoms with Crippen LogP contribution in [0.4, 0.5) is 0 Å². The number of amides is 3. The topological polar surface area (TPSA) is 95.7 Å². The lowest BCUT2D eigenvalue weighted by atomic mass is 9.76. The summed E-state index contributed by atoms with van der Waals surface area (Å²) >= 11 is 0. The zero-order valence-corrected chi connectivity index (χ0v) is 18.0. The largest absolute Gasteiger partial charge is 0.327 e. The van der Waals surface area contributed by atoms with Gasteiger partial charge in [0.2, 0.25) is 11.8 Å². The van der Waals surface area contributed by atoms with Gasteiger partial charge in [-0.05, 0) is 42.2 Å². The van der Waals surface area contributed by atoms with E-state index in [1.807, 2.05) is 12.1 Å². The quantitative estimate of drug-likeness (QED) is 0.722. The summed E-state index contributed by atoms with van der Waals surface area (Å²) in [6.45, 7) is 3.17. The fourth-order valence-electron chi connectivity index (χ4n) is 6.12. The summed E-state index contributed by atoms with van der Waals surface area (Å²) < 4.78 is 0. The number of imide groups is 1. The number of hydrogen-bond acceptors (Lipinski definition) is 5. The van der Waals surface area contributed by atoms with Crippen molar-refractivity contribution in [1.82, 2.24) is 15.1 Å². The Kier molecular flexibility index (Phi) is 5.56. The van der Waals surface area contributed by atoms with Crippen LogP contribution in [0.5, 0.6) is 0 Å². The molecule has 7 heteroatoms. The second-order valence-electron chi connectivity index (χ2n) is 9.78. The maximum absolute atomic E-state index is 13.4. The molecule has 5 rings (SSSR count). The summed E-state index contributed by atoms with van der Waals surface area (Å²) in [5.41, 5.74) is 9.37. The third-order valence-corrected chi connectivity index (χ3v) is 7.76. The molecule has 3 atom stereocenters. The van der Waals surface area contributed by atoms with E-state index in [1.165, 1.54) is 32.1 Å². The highest BCUT2D eigenvalue weighted by Crippen LogP contribution is 2.34. The zero-order chi connectivity index (χ0) is 21.5. The number of fused-ring (bicyclic) bond motifs is 3. The molecule has 3 unspecified atom stereocenters. The normalized spacial score (nSPS) is 31.8. The molecule has 7 nitrogen and oxygen atoms in total. The minimum atomic E-state index is -0.565. The summed E-state index contributed by atoms with van der Waals surface area (Å²) in [7, 11) is 0. The molecular formula is C24H32N4O3. The molecule has 0 radical (unpaired) electrons. The Bertz CT molecular complexity index is 885. The van der Waals surface area contributed by atoms with E-state index in [4.69, 9.17) is 5.73 Å². The SMILES string of the molecule is NC1C2CCCCCC1CN(Cc1cccc3c1C(=O)N(C1CCC(=O)NC1=O)C3)C2. The van der Waals surface area contributed by atoms with Gasteiger partial charge in [-0.15, -0.1) is 0 Å². The average Bonchev–Trinajstić information content (AvgIpc) is 3.07. The van der Waals surface area contributed by atoms with Gasteiger partial charge in [-0.3, -0.25) is 24.6 Å². The van der Waals surface area contributed by atoms with Crippen LogP contribution in [0.25, 0.3) is 0 Å². The highest BCUT2D eigenvalue weighted by Gasteiger charge is 2.41. The number of nitrogens with one attached hydrogen (secondary N) is 1. The van der Waals surface area contributed by atoms with Gasteiger partial charge in [-0.2, -0.15) is 0 Å². The van der Waals surface area contributed by atoms with Crippen LogP contribution in [0.15, 0.2) is 18.2 Å². The van der Waals surface area contributed by atoms with E-state index in [1.54, 1.807) is 4.90 Å². The average molecular weight is 425 g/mol. The van der Waals surface area contributed by atoms with Gasteiger partial charge in [0.05, 0.1) is 0 Å². The predicted octanol–water partition coefficient (Wildman–Crippen LogP) is 1.79. The molecule has 31 heavy (non-hydrogen) atoms. The van der Waals surface area contributed by atoms with Crippen molar-refractivity contribution in [3.8, 4) is 0 Å². The van der Waals surface area contributed by atoms with Gasteiger partial charge >= 0.3 is 0 Å². The Morgan fingerprint density at radius 2 is 1.74 bits per heavy atom. The number of nitrogens with zero attached hydrogens (tertiary/aromatic N) is 2. The van der Waals surface area contributed by atoms with Crippen LogP contribution in [0.2, 0.25) is 0 Å². The van der Waals surface area contributed by atoms with Gasteiger partial charge in [0.15, 0.2) is 0 Å². The van der Waals surface area contributed by atoms with Crippen molar-refractivity contribution >= 4 is 17.7 Å². The number of rotatable bonds is 3. The van der Waals surface area contributed by atoms with Crippen LogP contribution in [0, 0.1) is 11.8 Å². The third-order valence-electron chi connectivity index (χ3n) is 7.76. The van der Waals surface area contributed by atoms with Crippen LogP contribution in [-0.4, -0.2) is 52.7 Å². The molecule has 3 heterocycles. The Labute approximate surface area is 183 Å². The van der Waals surface area contributed by atoms with E-state index in [-0.39, 0.29) is 24.1 Å². The molecule has 1 aromatic rings. The Morgan fingerprint density at radius 1 is 1.00 bits per heavy atom. The van der Waals surface area contributed by atoms with Gasteiger partial charge in [0.25, 0.3) is 5.91 Å². The summed E-state index contributed by atoms with van der Waals surface area (Å²) in [5.74, 6) is 0.372. The van der Waals surface area contributed by atoms with Crippen LogP contribution in [0.1, 0.15) is 66.4 Å². The van der Waals surface area contributed by atoms with Crippen LogP contribution >= 0.6 is 0 Å². The van der Waals surface area contributed by atoms with Gasteiger partial charge in [-0.1, -0.05) is 37.5 Å². The molecule has 166 valence electrons. The molecule has 2 bridgehead atoms. The number of nitrogens with two attached hydrogens (primary N) is 1. The molecule has 3 amide bonds. The molecule has 0 spiro atoms. The van der Waals surface area contributed by atoms with Crippen molar-refractivity contribution in [3.05, 3.63) is 34.9 Å². The molecule has 3 N–H and O–H groups in total. The lowest BCUT2D eigenvalue weighted by molar-refractivity contribution is -0.136. The number of carbonyl (C=O) groups excluding carboxylic acids is 3. The van der Waals surface area contributed by atoms with E-state index in [9.17, 15) is 14.4 Å². The van der Waals surface area contributed by atoms with E-state index >= 15 is 0 Å². The van der Waals surface area contributed by atoms with Crippen molar-refractivity contribution in [2.24, 2.45) is 17.6 Å². The maximum Gasteiger partial charge on any atom is 0.255 e. The Morgan fingerprint density at radius 3 is 2.45 bits per heavy atom. The monoisotopic (exact) mass is 424 g/mol. The standard InChI is InChI=1S/C24H32N4O3/c25-22-17-5-2-1-3-6-18(22)13-27(12-17)11-15-7-4-8-16-14-28(24(31)21(15)16)19-9-10-20(29)26-23(19)30/h4,7-8,17-19,22H,1-3,5-6,9-14,25H2,(H,26,29,30). The van der Waals surface area contributed by atoms with Crippen LogP contribution in [-0.2, 0) is 22.7 Å². The number of piperidine rings is 2. The number of hydrogen-bond donors (Lipinski definition) is 2. The number of benzene rings is 1. The molecule has 1 saturated carbocycles. The number of likely N-dealkylation sites (tertiary alicyclic amines) is 1. The number of carbonyl (C=O) groups is 3. The van der Waals surface area contributed by atoms with Crippen molar-refractivity contribution < 1.29 is 14.4 Å². The van der Waals surface area contributed by atoms with Crippen LogP contribution < -0.4 is 11.1 Å². The molecule has 0 aromatic heterocycles. The van der Waals surface area contributed by atoms with Crippen molar-refractivity contribution in [2.45, 2.75) is 70.1 Å².